The Bertz CT molecular complexity index is 891. The van der Waals surface area contributed by atoms with Gasteiger partial charge in [-0.25, -0.2) is 0 Å². The van der Waals surface area contributed by atoms with E-state index in [0.29, 0.717) is 27.4 Å². The molecule has 0 heterocycles. The second-order valence-electron chi connectivity index (χ2n) is 5.21. The molecule has 0 aliphatic rings. The van der Waals surface area contributed by atoms with Crippen LogP contribution < -0.4 is 5.32 Å². The third-order valence-electron chi connectivity index (χ3n) is 3.53. The fourth-order valence-corrected chi connectivity index (χ4v) is 2.58. The zero-order valence-corrected chi connectivity index (χ0v) is 13.5. The number of ketones is 1. The van der Waals surface area contributed by atoms with Crippen LogP contribution in [-0.4, -0.2) is 11.7 Å². The van der Waals surface area contributed by atoms with Crippen molar-refractivity contribution in [3.8, 4) is 0 Å². The Balaban J connectivity index is 1.91. The molecule has 118 valence electrons. The van der Waals surface area contributed by atoms with Crippen molar-refractivity contribution in [1.82, 2.24) is 0 Å². The van der Waals surface area contributed by atoms with E-state index >= 15 is 0 Å². The van der Waals surface area contributed by atoms with Crippen molar-refractivity contribution in [2.45, 2.75) is 0 Å². The summed E-state index contributed by atoms with van der Waals surface area (Å²) in [4.78, 5) is 25.3. The van der Waals surface area contributed by atoms with E-state index in [0.717, 1.165) is 0 Å². The van der Waals surface area contributed by atoms with E-state index in [-0.39, 0.29) is 11.7 Å². The summed E-state index contributed by atoms with van der Waals surface area (Å²) in [6, 6.07) is 22.5. The minimum Gasteiger partial charge on any atom is -0.322 e. The molecular formula is C20H14ClNO2. The lowest BCUT2D eigenvalue weighted by Gasteiger charge is -2.10. The van der Waals surface area contributed by atoms with Crippen molar-refractivity contribution in [3.05, 3.63) is 101 Å². The van der Waals surface area contributed by atoms with Crippen LogP contribution in [0.2, 0.25) is 5.02 Å². The highest BCUT2D eigenvalue weighted by molar-refractivity contribution is 6.31. The molecule has 3 aromatic carbocycles. The number of amides is 1. The molecule has 3 aromatic rings. The molecule has 0 radical (unpaired) electrons. The lowest BCUT2D eigenvalue weighted by Crippen LogP contribution is -2.16. The number of halogens is 1. The lowest BCUT2D eigenvalue weighted by atomic mass is 9.98. The van der Waals surface area contributed by atoms with Gasteiger partial charge in [0.1, 0.15) is 0 Å². The Morgan fingerprint density at radius 1 is 0.750 bits per heavy atom. The van der Waals surface area contributed by atoms with Gasteiger partial charge in [-0.2, -0.15) is 0 Å². The van der Waals surface area contributed by atoms with Gasteiger partial charge >= 0.3 is 0 Å². The summed E-state index contributed by atoms with van der Waals surface area (Å²) in [7, 11) is 0. The molecule has 24 heavy (non-hydrogen) atoms. The highest BCUT2D eigenvalue weighted by atomic mass is 35.5. The Morgan fingerprint density at radius 2 is 1.42 bits per heavy atom. The third-order valence-corrected chi connectivity index (χ3v) is 3.77. The molecule has 0 saturated carbocycles. The molecule has 1 N–H and O–H groups in total. The predicted octanol–water partition coefficient (Wildman–Crippen LogP) is 4.82. The van der Waals surface area contributed by atoms with Gasteiger partial charge < -0.3 is 5.32 Å². The number of anilines is 1. The number of hydrogen-bond donors (Lipinski definition) is 1. The number of carbonyl (C=O) groups excluding carboxylic acids is 2. The molecule has 3 rings (SSSR count). The fraction of sp³-hybridized carbons (Fsp3) is 0. The Hall–Kier alpha value is -2.91. The average molecular weight is 336 g/mol. The van der Waals surface area contributed by atoms with Crippen LogP contribution in [0.4, 0.5) is 5.69 Å². The zero-order chi connectivity index (χ0) is 16.9. The molecule has 0 atom stereocenters. The van der Waals surface area contributed by atoms with Gasteiger partial charge in [0, 0.05) is 21.8 Å². The molecule has 0 saturated heterocycles. The average Bonchev–Trinajstić information content (AvgIpc) is 2.62. The summed E-state index contributed by atoms with van der Waals surface area (Å²) in [5, 5.41) is 3.30. The van der Waals surface area contributed by atoms with Crippen molar-refractivity contribution in [2.75, 3.05) is 5.32 Å². The van der Waals surface area contributed by atoms with Gasteiger partial charge in [-0.1, -0.05) is 66.2 Å². The maximum Gasteiger partial charge on any atom is 0.256 e. The van der Waals surface area contributed by atoms with Gasteiger partial charge in [-0.15, -0.1) is 0 Å². The van der Waals surface area contributed by atoms with Crippen LogP contribution >= 0.6 is 11.6 Å². The second-order valence-corrected chi connectivity index (χ2v) is 5.64. The zero-order valence-electron chi connectivity index (χ0n) is 12.7. The van der Waals surface area contributed by atoms with Crippen molar-refractivity contribution in [1.29, 1.82) is 0 Å². The third kappa shape index (κ3) is 3.53. The van der Waals surface area contributed by atoms with Crippen LogP contribution in [0.3, 0.4) is 0 Å². The molecule has 0 spiro atoms. The van der Waals surface area contributed by atoms with Gasteiger partial charge in [0.2, 0.25) is 0 Å². The van der Waals surface area contributed by atoms with Crippen molar-refractivity contribution in [2.24, 2.45) is 0 Å². The molecule has 4 heteroatoms. The summed E-state index contributed by atoms with van der Waals surface area (Å²) in [6.45, 7) is 0. The van der Waals surface area contributed by atoms with Crippen LogP contribution in [0.15, 0.2) is 78.9 Å². The highest BCUT2D eigenvalue weighted by Gasteiger charge is 2.18. The van der Waals surface area contributed by atoms with Gasteiger partial charge in [-0.05, 0) is 24.3 Å². The molecule has 0 bridgehead atoms. The first-order chi connectivity index (χ1) is 11.6. The summed E-state index contributed by atoms with van der Waals surface area (Å²) in [5.41, 5.74) is 1.81. The van der Waals surface area contributed by atoms with Gasteiger partial charge in [0.05, 0.1) is 5.56 Å². The van der Waals surface area contributed by atoms with Gasteiger partial charge in [0.15, 0.2) is 5.78 Å². The Labute approximate surface area is 144 Å². The van der Waals surface area contributed by atoms with E-state index in [4.69, 9.17) is 11.6 Å². The maximum atomic E-state index is 12.7. The van der Waals surface area contributed by atoms with E-state index in [9.17, 15) is 9.59 Å². The molecule has 0 aliphatic carbocycles. The van der Waals surface area contributed by atoms with E-state index < -0.39 is 0 Å². The Kier molecular flexibility index (Phi) is 4.73. The first-order valence-corrected chi connectivity index (χ1v) is 7.78. The minimum atomic E-state index is -0.350. The van der Waals surface area contributed by atoms with Gasteiger partial charge in [0.25, 0.3) is 5.91 Å². The fourth-order valence-electron chi connectivity index (χ4n) is 2.39. The number of benzene rings is 3. The van der Waals surface area contributed by atoms with E-state index in [1.54, 1.807) is 72.8 Å². The molecule has 0 fully saturated rings. The smallest absolute Gasteiger partial charge is 0.256 e. The molecule has 0 aliphatic heterocycles. The van der Waals surface area contributed by atoms with Crippen molar-refractivity contribution in [3.63, 3.8) is 0 Å². The van der Waals surface area contributed by atoms with Gasteiger partial charge in [-0.3, -0.25) is 9.59 Å². The minimum absolute atomic E-state index is 0.188. The summed E-state index contributed by atoms with van der Waals surface area (Å²) >= 11 is 5.93. The first-order valence-electron chi connectivity index (χ1n) is 7.41. The van der Waals surface area contributed by atoms with Crippen molar-refractivity contribution >= 4 is 29.0 Å². The molecular weight excluding hydrogens is 322 g/mol. The monoisotopic (exact) mass is 335 g/mol. The topological polar surface area (TPSA) is 46.2 Å². The van der Waals surface area contributed by atoms with E-state index in [2.05, 4.69) is 5.32 Å². The summed E-state index contributed by atoms with van der Waals surface area (Å²) < 4.78 is 0. The van der Waals surface area contributed by atoms with Crippen molar-refractivity contribution < 1.29 is 9.59 Å². The number of rotatable bonds is 4. The lowest BCUT2D eigenvalue weighted by molar-refractivity contribution is 0.0996. The quantitative estimate of drug-likeness (QED) is 0.694. The maximum absolute atomic E-state index is 12.7. The van der Waals surface area contributed by atoms with Crippen LogP contribution in [-0.2, 0) is 0 Å². The largest absolute Gasteiger partial charge is 0.322 e. The van der Waals surface area contributed by atoms with Crippen LogP contribution in [0.1, 0.15) is 26.3 Å². The predicted molar refractivity (Wildman–Crippen MR) is 95.7 cm³/mol. The number of nitrogens with one attached hydrogen (secondary N) is 1. The van der Waals surface area contributed by atoms with Crippen LogP contribution in [0.5, 0.6) is 0 Å². The molecule has 1 amide bonds. The number of carbonyl (C=O) groups is 2. The summed E-state index contributed by atoms with van der Waals surface area (Å²) in [5.74, 6) is -0.537. The Morgan fingerprint density at radius 3 is 2.12 bits per heavy atom. The highest BCUT2D eigenvalue weighted by Crippen LogP contribution is 2.19. The normalized spacial score (nSPS) is 10.2. The van der Waals surface area contributed by atoms with E-state index in [1.165, 1.54) is 0 Å². The molecule has 3 nitrogen and oxygen atoms in total. The SMILES string of the molecule is O=C(Nc1cccc(Cl)c1)c1ccccc1C(=O)c1ccccc1. The van der Waals surface area contributed by atoms with Crippen LogP contribution in [0.25, 0.3) is 0 Å². The van der Waals surface area contributed by atoms with Crippen LogP contribution in [0, 0.1) is 0 Å². The first kappa shape index (κ1) is 16.0. The molecule has 0 aromatic heterocycles. The summed E-state index contributed by atoms with van der Waals surface area (Å²) in [6.07, 6.45) is 0. The second kappa shape index (κ2) is 7.11. The molecule has 0 unspecified atom stereocenters. The number of hydrogen-bond acceptors (Lipinski definition) is 2. The van der Waals surface area contributed by atoms with E-state index in [1.807, 2.05) is 6.07 Å². The standard InChI is InChI=1S/C20H14ClNO2/c21-15-9-6-10-16(13-15)22-20(24)18-12-5-4-11-17(18)19(23)14-7-2-1-3-8-14/h1-13H,(H,22,24).